The number of hydrogen-bond donors (Lipinski definition) is 0. The van der Waals surface area contributed by atoms with Crippen LogP contribution in [0.4, 0.5) is 0 Å². The summed E-state index contributed by atoms with van der Waals surface area (Å²) in [5, 5.41) is 0. The van der Waals surface area contributed by atoms with E-state index in [-0.39, 0.29) is 37.0 Å². The van der Waals surface area contributed by atoms with Gasteiger partial charge in [0.25, 0.3) is 0 Å². The van der Waals surface area contributed by atoms with Crippen LogP contribution >= 0.6 is 0 Å². The molecule has 0 aliphatic heterocycles. The van der Waals surface area contributed by atoms with Crippen LogP contribution in [0.1, 0.15) is 72.6 Å². The summed E-state index contributed by atoms with van der Waals surface area (Å²) in [4.78, 5) is 34.9. The molecular weight excluding hydrogens is 312 g/mol. The molecule has 0 aromatic heterocycles. The maximum atomic E-state index is 12.0. The molecule has 140 valence electrons. The van der Waals surface area contributed by atoms with E-state index in [4.69, 9.17) is 14.2 Å². The molecule has 0 N–H and O–H groups in total. The number of carbonyl (C=O) groups excluding carboxylic acids is 3. The van der Waals surface area contributed by atoms with Crippen molar-refractivity contribution in [3.05, 3.63) is 0 Å². The second kappa shape index (κ2) is 13.8. The third-order valence-corrected chi connectivity index (χ3v) is 3.36. The summed E-state index contributed by atoms with van der Waals surface area (Å²) < 4.78 is 15.5. The number of hydrogen-bond acceptors (Lipinski definition) is 6. The van der Waals surface area contributed by atoms with E-state index in [9.17, 15) is 14.4 Å². The molecule has 1 unspecified atom stereocenters. The van der Waals surface area contributed by atoms with Gasteiger partial charge >= 0.3 is 17.9 Å². The standard InChI is InChI=1S/C18H32O6/c1-5-8-14(4)11-18(21)24-15(12-22-16(19)9-6-2)13-23-17(20)10-7-3/h14-15H,5-13H2,1-4H3. The summed E-state index contributed by atoms with van der Waals surface area (Å²) in [6.07, 6.45) is 3.47. The van der Waals surface area contributed by atoms with Gasteiger partial charge in [0, 0.05) is 19.3 Å². The van der Waals surface area contributed by atoms with Crippen LogP contribution < -0.4 is 0 Å². The Bertz CT molecular complexity index is 358. The first-order valence-corrected chi connectivity index (χ1v) is 8.93. The van der Waals surface area contributed by atoms with Crippen LogP contribution in [0, 0.1) is 5.92 Å². The third-order valence-electron chi connectivity index (χ3n) is 3.36. The van der Waals surface area contributed by atoms with Crippen molar-refractivity contribution in [1.29, 1.82) is 0 Å². The van der Waals surface area contributed by atoms with Crippen LogP contribution in [0.5, 0.6) is 0 Å². The molecule has 0 rings (SSSR count). The maximum Gasteiger partial charge on any atom is 0.306 e. The lowest BCUT2D eigenvalue weighted by atomic mass is 10.0. The topological polar surface area (TPSA) is 78.9 Å². The van der Waals surface area contributed by atoms with Crippen molar-refractivity contribution in [2.24, 2.45) is 5.92 Å². The van der Waals surface area contributed by atoms with E-state index in [2.05, 4.69) is 6.92 Å². The largest absolute Gasteiger partial charge is 0.462 e. The van der Waals surface area contributed by atoms with Crippen LogP contribution in [-0.4, -0.2) is 37.2 Å². The Morgan fingerprint density at radius 1 is 0.792 bits per heavy atom. The smallest absolute Gasteiger partial charge is 0.306 e. The highest BCUT2D eigenvalue weighted by Crippen LogP contribution is 2.12. The van der Waals surface area contributed by atoms with Crippen molar-refractivity contribution in [2.45, 2.75) is 78.7 Å². The minimum Gasteiger partial charge on any atom is -0.462 e. The first-order chi connectivity index (χ1) is 11.4. The zero-order valence-corrected chi connectivity index (χ0v) is 15.5. The Morgan fingerprint density at radius 2 is 1.29 bits per heavy atom. The fourth-order valence-corrected chi connectivity index (χ4v) is 2.15. The summed E-state index contributed by atoms with van der Waals surface area (Å²) in [5.41, 5.74) is 0. The fourth-order valence-electron chi connectivity index (χ4n) is 2.15. The lowest BCUT2D eigenvalue weighted by molar-refractivity contribution is -0.167. The average molecular weight is 344 g/mol. The fraction of sp³-hybridized carbons (Fsp3) is 0.833. The van der Waals surface area contributed by atoms with Crippen molar-refractivity contribution in [3.8, 4) is 0 Å². The van der Waals surface area contributed by atoms with Gasteiger partial charge in [0.05, 0.1) is 0 Å². The summed E-state index contributed by atoms with van der Waals surface area (Å²) >= 11 is 0. The maximum absolute atomic E-state index is 12.0. The summed E-state index contributed by atoms with van der Waals surface area (Å²) in [6, 6.07) is 0. The first-order valence-electron chi connectivity index (χ1n) is 8.93. The Hall–Kier alpha value is -1.59. The van der Waals surface area contributed by atoms with E-state index < -0.39 is 6.10 Å². The van der Waals surface area contributed by atoms with Crippen LogP contribution in [0.25, 0.3) is 0 Å². The van der Waals surface area contributed by atoms with Crippen LogP contribution in [0.15, 0.2) is 0 Å². The highest BCUT2D eigenvalue weighted by molar-refractivity contribution is 5.71. The number of rotatable bonds is 13. The van der Waals surface area contributed by atoms with Crippen molar-refractivity contribution >= 4 is 17.9 Å². The molecule has 0 saturated heterocycles. The summed E-state index contributed by atoms with van der Waals surface area (Å²) in [6.45, 7) is 7.62. The SMILES string of the molecule is CCCC(=O)OCC(COC(=O)CCC)OC(=O)CC(C)CCC. The molecule has 6 nitrogen and oxygen atoms in total. The van der Waals surface area contributed by atoms with Gasteiger partial charge in [-0.05, 0) is 18.8 Å². The highest BCUT2D eigenvalue weighted by atomic mass is 16.6. The Labute approximate surface area is 145 Å². The van der Waals surface area contributed by atoms with Gasteiger partial charge in [-0.2, -0.15) is 0 Å². The molecule has 0 aliphatic carbocycles. The van der Waals surface area contributed by atoms with Gasteiger partial charge in [-0.3, -0.25) is 14.4 Å². The second-order valence-electron chi connectivity index (χ2n) is 6.08. The van der Waals surface area contributed by atoms with E-state index in [0.29, 0.717) is 32.1 Å². The van der Waals surface area contributed by atoms with Gasteiger partial charge in [-0.25, -0.2) is 0 Å². The van der Waals surface area contributed by atoms with Gasteiger partial charge in [0.2, 0.25) is 0 Å². The zero-order valence-electron chi connectivity index (χ0n) is 15.5. The molecule has 1 atom stereocenters. The monoisotopic (exact) mass is 344 g/mol. The molecule has 0 aromatic rings. The predicted octanol–water partition coefficient (Wildman–Crippen LogP) is 3.41. The molecule has 0 amide bonds. The number of carbonyl (C=O) groups is 3. The molecular formula is C18H32O6. The van der Waals surface area contributed by atoms with E-state index in [1.54, 1.807) is 0 Å². The minimum atomic E-state index is -0.757. The first kappa shape index (κ1) is 22.4. The van der Waals surface area contributed by atoms with Crippen molar-refractivity contribution in [3.63, 3.8) is 0 Å². The molecule has 0 aliphatic rings. The third kappa shape index (κ3) is 11.9. The van der Waals surface area contributed by atoms with Gasteiger partial charge < -0.3 is 14.2 Å². The van der Waals surface area contributed by atoms with E-state index in [1.165, 1.54) is 0 Å². The molecule has 0 saturated carbocycles. The van der Waals surface area contributed by atoms with Gasteiger partial charge in [-0.1, -0.05) is 40.5 Å². The molecule has 0 fully saturated rings. The quantitative estimate of drug-likeness (QED) is 0.376. The average Bonchev–Trinajstić information content (AvgIpc) is 2.50. The molecule has 0 spiro atoms. The predicted molar refractivity (Wildman–Crippen MR) is 90.3 cm³/mol. The van der Waals surface area contributed by atoms with Crippen molar-refractivity contribution in [1.82, 2.24) is 0 Å². The normalized spacial score (nSPS) is 11.9. The highest BCUT2D eigenvalue weighted by Gasteiger charge is 2.20. The Morgan fingerprint density at radius 3 is 1.71 bits per heavy atom. The summed E-state index contributed by atoms with van der Waals surface area (Å²) in [5.74, 6) is -0.831. The number of esters is 3. The van der Waals surface area contributed by atoms with Crippen LogP contribution in [0.2, 0.25) is 0 Å². The summed E-state index contributed by atoms with van der Waals surface area (Å²) in [7, 11) is 0. The number of ether oxygens (including phenoxy) is 3. The van der Waals surface area contributed by atoms with E-state index in [0.717, 1.165) is 12.8 Å². The molecule has 6 heteroatoms. The molecule has 24 heavy (non-hydrogen) atoms. The van der Waals surface area contributed by atoms with E-state index >= 15 is 0 Å². The second-order valence-corrected chi connectivity index (χ2v) is 6.08. The van der Waals surface area contributed by atoms with Crippen LogP contribution in [0.3, 0.4) is 0 Å². The van der Waals surface area contributed by atoms with Crippen molar-refractivity contribution in [2.75, 3.05) is 13.2 Å². The van der Waals surface area contributed by atoms with Gasteiger partial charge in [0.15, 0.2) is 6.10 Å². The Kier molecular flexibility index (Phi) is 12.9. The molecule has 0 bridgehead atoms. The molecule has 0 heterocycles. The van der Waals surface area contributed by atoms with Gasteiger partial charge in [0.1, 0.15) is 13.2 Å². The van der Waals surface area contributed by atoms with E-state index in [1.807, 2.05) is 20.8 Å². The van der Waals surface area contributed by atoms with Gasteiger partial charge in [-0.15, -0.1) is 0 Å². The zero-order chi connectivity index (χ0) is 18.4. The molecule has 0 radical (unpaired) electrons. The van der Waals surface area contributed by atoms with Crippen LogP contribution in [-0.2, 0) is 28.6 Å². The lowest BCUT2D eigenvalue weighted by Gasteiger charge is -2.19. The minimum absolute atomic E-state index is 0.0911. The lowest BCUT2D eigenvalue weighted by Crippen LogP contribution is -2.31. The van der Waals surface area contributed by atoms with Crippen molar-refractivity contribution < 1.29 is 28.6 Å². The molecule has 0 aromatic carbocycles. The Balaban J connectivity index is 4.45.